The van der Waals surface area contributed by atoms with Gasteiger partial charge in [0.15, 0.2) is 0 Å². The van der Waals surface area contributed by atoms with Crippen LogP contribution in [0.4, 0.5) is 0 Å². The van der Waals surface area contributed by atoms with Gasteiger partial charge in [0.2, 0.25) is 0 Å². The Morgan fingerprint density at radius 3 is 2.77 bits per heavy atom. The standard InChI is InChI=1S/C16H14N4O2/c1-8-15(9(2)22-20-8)11-4-12-10(5-14(11)21-3)16-13(6-17-12)18-7-19-16/h4-7H,1-3H3,(H,18,19). The minimum Gasteiger partial charge on any atom is -0.496 e. The first-order chi connectivity index (χ1) is 10.7. The minimum absolute atomic E-state index is 0.749. The third-order valence-electron chi connectivity index (χ3n) is 3.88. The molecule has 0 atom stereocenters. The highest BCUT2D eigenvalue weighted by Gasteiger charge is 2.18. The highest BCUT2D eigenvalue weighted by molar-refractivity contribution is 6.04. The minimum atomic E-state index is 0.749. The maximum Gasteiger partial charge on any atom is 0.141 e. The summed E-state index contributed by atoms with van der Waals surface area (Å²) in [4.78, 5) is 11.9. The van der Waals surface area contributed by atoms with E-state index in [0.29, 0.717) is 0 Å². The lowest BCUT2D eigenvalue weighted by Gasteiger charge is -2.10. The summed E-state index contributed by atoms with van der Waals surface area (Å²) in [5.74, 6) is 1.51. The van der Waals surface area contributed by atoms with Gasteiger partial charge < -0.3 is 14.2 Å². The number of rotatable bonds is 2. The molecule has 3 heterocycles. The van der Waals surface area contributed by atoms with Crippen LogP contribution in [0.5, 0.6) is 5.75 Å². The smallest absolute Gasteiger partial charge is 0.141 e. The zero-order valence-electron chi connectivity index (χ0n) is 12.5. The molecule has 0 aliphatic rings. The Balaban J connectivity index is 2.09. The molecule has 0 radical (unpaired) electrons. The summed E-state index contributed by atoms with van der Waals surface area (Å²) in [6.45, 7) is 3.81. The molecule has 0 fully saturated rings. The van der Waals surface area contributed by atoms with Crippen LogP contribution in [0.2, 0.25) is 0 Å². The molecule has 1 aromatic carbocycles. The van der Waals surface area contributed by atoms with Gasteiger partial charge in [0.05, 0.1) is 47.4 Å². The van der Waals surface area contributed by atoms with Gasteiger partial charge in [0, 0.05) is 10.9 Å². The van der Waals surface area contributed by atoms with Crippen molar-refractivity contribution < 1.29 is 9.26 Å². The zero-order chi connectivity index (χ0) is 15.3. The van der Waals surface area contributed by atoms with E-state index < -0.39 is 0 Å². The molecule has 0 unspecified atom stereocenters. The number of aromatic nitrogens is 4. The Hall–Kier alpha value is -2.89. The second kappa shape index (κ2) is 4.56. The molecule has 0 bridgehead atoms. The molecular formula is C16H14N4O2. The summed E-state index contributed by atoms with van der Waals surface area (Å²) in [6.07, 6.45) is 3.45. The summed E-state index contributed by atoms with van der Waals surface area (Å²) in [7, 11) is 1.65. The molecule has 0 aliphatic carbocycles. The number of aromatic amines is 1. The van der Waals surface area contributed by atoms with Crippen LogP contribution in [0.25, 0.3) is 33.1 Å². The first kappa shape index (κ1) is 12.8. The van der Waals surface area contributed by atoms with Crippen molar-refractivity contribution in [2.75, 3.05) is 7.11 Å². The topological polar surface area (TPSA) is 76.8 Å². The number of fused-ring (bicyclic) bond motifs is 3. The van der Waals surface area contributed by atoms with Crippen LogP contribution in [-0.2, 0) is 0 Å². The third kappa shape index (κ3) is 1.70. The van der Waals surface area contributed by atoms with Crippen LogP contribution in [0, 0.1) is 13.8 Å². The number of H-pyrrole nitrogens is 1. The first-order valence-electron chi connectivity index (χ1n) is 6.92. The number of pyridine rings is 1. The van der Waals surface area contributed by atoms with Crippen molar-refractivity contribution in [3.8, 4) is 16.9 Å². The van der Waals surface area contributed by atoms with E-state index in [1.54, 1.807) is 19.6 Å². The highest BCUT2D eigenvalue weighted by Crippen LogP contribution is 2.38. The Bertz CT molecular complexity index is 981. The second-order valence-corrected chi connectivity index (χ2v) is 5.19. The van der Waals surface area contributed by atoms with Crippen LogP contribution in [-0.4, -0.2) is 27.2 Å². The van der Waals surface area contributed by atoms with Gasteiger partial charge in [-0.1, -0.05) is 5.16 Å². The Morgan fingerprint density at radius 1 is 1.18 bits per heavy atom. The number of hydrogen-bond acceptors (Lipinski definition) is 5. The van der Waals surface area contributed by atoms with E-state index >= 15 is 0 Å². The maximum atomic E-state index is 5.58. The highest BCUT2D eigenvalue weighted by atomic mass is 16.5. The fourth-order valence-corrected chi connectivity index (χ4v) is 2.85. The number of methoxy groups -OCH3 is 1. The lowest BCUT2D eigenvalue weighted by atomic mass is 10.0. The molecule has 3 aromatic heterocycles. The van der Waals surface area contributed by atoms with Crippen molar-refractivity contribution in [1.29, 1.82) is 0 Å². The van der Waals surface area contributed by atoms with Crippen LogP contribution in [0.15, 0.2) is 29.2 Å². The molecule has 0 saturated heterocycles. The zero-order valence-corrected chi connectivity index (χ0v) is 12.5. The molecule has 6 nitrogen and oxygen atoms in total. The number of imidazole rings is 1. The molecule has 0 spiro atoms. The van der Waals surface area contributed by atoms with Crippen LogP contribution < -0.4 is 4.74 Å². The quantitative estimate of drug-likeness (QED) is 0.613. The van der Waals surface area contributed by atoms with Gasteiger partial charge in [-0.15, -0.1) is 0 Å². The van der Waals surface area contributed by atoms with Crippen molar-refractivity contribution in [3.63, 3.8) is 0 Å². The Kier molecular flexibility index (Phi) is 2.66. The second-order valence-electron chi connectivity index (χ2n) is 5.19. The monoisotopic (exact) mass is 294 g/mol. The molecule has 4 aromatic rings. The molecule has 110 valence electrons. The SMILES string of the molecule is COc1cc2c(cc1-c1c(C)noc1C)ncc1[nH]cnc12. The number of aryl methyl sites for hydroxylation is 2. The number of ether oxygens (including phenoxy) is 1. The van der Waals surface area contributed by atoms with Crippen molar-refractivity contribution in [2.24, 2.45) is 0 Å². The normalized spacial score (nSPS) is 11.4. The van der Waals surface area contributed by atoms with Crippen molar-refractivity contribution in [2.45, 2.75) is 13.8 Å². The lowest BCUT2D eigenvalue weighted by Crippen LogP contribution is -1.92. The summed E-state index contributed by atoms with van der Waals surface area (Å²) >= 11 is 0. The number of benzene rings is 1. The molecular weight excluding hydrogens is 280 g/mol. The van der Waals surface area contributed by atoms with E-state index in [2.05, 4.69) is 20.1 Å². The maximum absolute atomic E-state index is 5.58. The first-order valence-corrected chi connectivity index (χ1v) is 6.92. The Labute approximate surface area is 126 Å². The average Bonchev–Trinajstić information content (AvgIpc) is 3.12. The summed E-state index contributed by atoms with van der Waals surface area (Å²) in [5.41, 5.74) is 5.34. The fourth-order valence-electron chi connectivity index (χ4n) is 2.85. The third-order valence-corrected chi connectivity index (χ3v) is 3.88. The largest absolute Gasteiger partial charge is 0.496 e. The van der Waals surface area contributed by atoms with E-state index in [9.17, 15) is 0 Å². The van der Waals surface area contributed by atoms with E-state index in [-0.39, 0.29) is 0 Å². The molecule has 6 heteroatoms. The van der Waals surface area contributed by atoms with E-state index in [4.69, 9.17) is 9.26 Å². The molecule has 0 saturated carbocycles. The van der Waals surface area contributed by atoms with Crippen molar-refractivity contribution >= 4 is 21.9 Å². The molecule has 4 rings (SSSR count). The van der Waals surface area contributed by atoms with Gasteiger partial charge in [-0.25, -0.2) is 4.98 Å². The van der Waals surface area contributed by atoms with Gasteiger partial charge in [-0.3, -0.25) is 4.98 Å². The fraction of sp³-hybridized carbons (Fsp3) is 0.188. The summed E-state index contributed by atoms with van der Waals surface area (Å²) in [6, 6.07) is 3.96. The Morgan fingerprint density at radius 2 is 2.05 bits per heavy atom. The predicted molar refractivity (Wildman–Crippen MR) is 82.9 cm³/mol. The number of nitrogens with one attached hydrogen (secondary N) is 1. The predicted octanol–water partition coefficient (Wildman–Crippen LogP) is 3.39. The summed E-state index contributed by atoms with van der Waals surface area (Å²) < 4.78 is 10.9. The molecule has 1 N–H and O–H groups in total. The van der Waals surface area contributed by atoms with Crippen molar-refractivity contribution in [1.82, 2.24) is 20.1 Å². The van der Waals surface area contributed by atoms with E-state index in [1.165, 1.54) is 0 Å². The van der Waals surface area contributed by atoms with Gasteiger partial charge in [-0.05, 0) is 26.0 Å². The van der Waals surface area contributed by atoms with E-state index in [1.807, 2.05) is 26.0 Å². The van der Waals surface area contributed by atoms with E-state index in [0.717, 1.165) is 50.3 Å². The molecule has 0 aliphatic heterocycles. The average molecular weight is 294 g/mol. The number of nitrogens with zero attached hydrogens (tertiary/aromatic N) is 3. The number of hydrogen-bond donors (Lipinski definition) is 1. The van der Waals surface area contributed by atoms with Gasteiger partial charge >= 0.3 is 0 Å². The molecule has 22 heavy (non-hydrogen) atoms. The van der Waals surface area contributed by atoms with Gasteiger partial charge in [0.25, 0.3) is 0 Å². The van der Waals surface area contributed by atoms with Crippen LogP contribution in [0.1, 0.15) is 11.5 Å². The van der Waals surface area contributed by atoms with Crippen LogP contribution >= 0.6 is 0 Å². The molecule has 0 amide bonds. The van der Waals surface area contributed by atoms with Gasteiger partial charge in [0.1, 0.15) is 11.5 Å². The van der Waals surface area contributed by atoms with Crippen molar-refractivity contribution in [3.05, 3.63) is 36.1 Å². The summed E-state index contributed by atoms with van der Waals surface area (Å²) in [5, 5.41) is 4.97. The van der Waals surface area contributed by atoms with Gasteiger partial charge in [-0.2, -0.15) is 0 Å². The lowest BCUT2D eigenvalue weighted by molar-refractivity contribution is 0.393. The van der Waals surface area contributed by atoms with Crippen LogP contribution in [0.3, 0.4) is 0 Å².